The minimum atomic E-state index is -0.276. The molecule has 2 aromatic rings. The average Bonchev–Trinajstić information content (AvgIpc) is 3.08. The van der Waals surface area contributed by atoms with Crippen LogP contribution in [0.1, 0.15) is 24.3 Å². The zero-order valence-corrected chi connectivity index (χ0v) is 17.1. The van der Waals surface area contributed by atoms with Gasteiger partial charge in [-0.05, 0) is 38.6 Å². The Morgan fingerprint density at radius 1 is 1.35 bits per heavy atom. The number of thiocarbonyl (C=S) groups is 1. The van der Waals surface area contributed by atoms with Crippen molar-refractivity contribution < 1.29 is 4.74 Å². The standard InChI is InChI=1S/C17H24N4O3S2/c1-5-20-14(22)13-11(3)12(9-19-8-10(2)18-16(19)25)26-15(13)21(17(20)23)6-7-24-4/h10H,5-9H2,1-4H3,(H,18,25). The molecule has 0 saturated carbocycles. The van der Waals surface area contributed by atoms with Crippen molar-refractivity contribution in [3.8, 4) is 0 Å². The van der Waals surface area contributed by atoms with Crippen LogP contribution in [-0.4, -0.2) is 45.4 Å². The van der Waals surface area contributed by atoms with Crippen molar-refractivity contribution in [2.24, 2.45) is 0 Å². The predicted molar refractivity (Wildman–Crippen MR) is 108 cm³/mol. The Labute approximate surface area is 161 Å². The molecule has 1 unspecified atom stereocenters. The van der Waals surface area contributed by atoms with Gasteiger partial charge in [-0.25, -0.2) is 4.79 Å². The van der Waals surface area contributed by atoms with Gasteiger partial charge >= 0.3 is 5.69 Å². The monoisotopic (exact) mass is 396 g/mol. The highest BCUT2D eigenvalue weighted by atomic mass is 32.1. The van der Waals surface area contributed by atoms with Crippen molar-refractivity contribution in [3.05, 3.63) is 31.3 Å². The van der Waals surface area contributed by atoms with Crippen molar-refractivity contribution in [1.82, 2.24) is 19.4 Å². The zero-order valence-electron chi connectivity index (χ0n) is 15.5. The molecule has 1 aliphatic heterocycles. The Bertz CT molecular complexity index is 960. The molecule has 9 heteroatoms. The van der Waals surface area contributed by atoms with Crippen LogP contribution in [0.5, 0.6) is 0 Å². The second-order valence-electron chi connectivity index (χ2n) is 6.54. The maximum atomic E-state index is 12.9. The van der Waals surface area contributed by atoms with Crippen LogP contribution < -0.4 is 16.6 Å². The predicted octanol–water partition coefficient (Wildman–Crippen LogP) is 1.28. The van der Waals surface area contributed by atoms with Gasteiger partial charge in [0.05, 0.1) is 25.1 Å². The second-order valence-corrected chi connectivity index (χ2v) is 8.01. The van der Waals surface area contributed by atoms with Gasteiger partial charge in [0, 0.05) is 31.1 Å². The first kappa shape index (κ1) is 19.1. The normalized spacial score (nSPS) is 17.3. The molecule has 1 atom stereocenters. The minimum absolute atomic E-state index is 0.211. The fraction of sp³-hybridized carbons (Fsp3) is 0.588. The molecule has 1 saturated heterocycles. The van der Waals surface area contributed by atoms with Gasteiger partial charge in [-0.2, -0.15) is 0 Å². The van der Waals surface area contributed by atoms with E-state index in [2.05, 4.69) is 17.1 Å². The van der Waals surface area contributed by atoms with Crippen LogP contribution in [0.15, 0.2) is 9.59 Å². The average molecular weight is 397 g/mol. The van der Waals surface area contributed by atoms with Gasteiger partial charge in [0.15, 0.2) is 5.11 Å². The summed E-state index contributed by atoms with van der Waals surface area (Å²) in [6, 6.07) is 0.314. The molecule has 26 heavy (non-hydrogen) atoms. The van der Waals surface area contributed by atoms with E-state index in [1.165, 1.54) is 15.9 Å². The Balaban J connectivity index is 2.14. The van der Waals surface area contributed by atoms with E-state index < -0.39 is 0 Å². The Kier molecular flexibility index (Phi) is 5.50. The summed E-state index contributed by atoms with van der Waals surface area (Å²) in [6.07, 6.45) is 0. The van der Waals surface area contributed by atoms with E-state index in [9.17, 15) is 9.59 Å². The summed E-state index contributed by atoms with van der Waals surface area (Å²) in [5, 5.41) is 4.61. The number of thiophene rings is 1. The van der Waals surface area contributed by atoms with Crippen LogP contribution >= 0.6 is 23.6 Å². The molecule has 1 N–H and O–H groups in total. The molecular weight excluding hydrogens is 372 g/mol. The van der Waals surface area contributed by atoms with E-state index in [0.29, 0.717) is 37.7 Å². The number of rotatable bonds is 6. The molecule has 7 nitrogen and oxygen atoms in total. The molecule has 3 rings (SSSR count). The van der Waals surface area contributed by atoms with Crippen LogP contribution in [0.4, 0.5) is 0 Å². The second kappa shape index (κ2) is 7.50. The molecule has 3 heterocycles. The summed E-state index contributed by atoms with van der Waals surface area (Å²) in [6.45, 7) is 8.53. The molecule has 0 amide bonds. The number of nitrogens with zero attached hydrogens (tertiary/aromatic N) is 3. The summed E-state index contributed by atoms with van der Waals surface area (Å²) < 4.78 is 8.11. The fourth-order valence-corrected chi connectivity index (χ4v) is 4.99. The van der Waals surface area contributed by atoms with Crippen LogP contribution in [0.3, 0.4) is 0 Å². The highest BCUT2D eigenvalue weighted by molar-refractivity contribution is 7.80. The Hall–Kier alpha value is -1.71. The summed E-state index contributed by atoms with van der Waals surface area (Å²) in [5.41, 5.74) is 0.448. The van der Waals surface area contributed by atoms with E-state index in [0.717, 1.165) is 26.9 Å². The molecule has 1 aliphatic rings. The van der Waals surface area contributed by atoms with Crippen LogP contribution in [0.2, 0.25) is 0 Å². The maximum Gasteiger partial charge on any atom is 0.332 e. The lowest BCUT2D eigenvalue weighted by Crippen LogP contribution is -2.39. The Morgan fingerprint density at radius 3 is 2.65 bits per heavy atom. The molecule has 0 aliphatic carbocycles. The van der Waals surface area contributed by atoms with Crippen molar-refractivity contribution in [1.29, 1.82) is 0 Å². The van der Waals surface area contributed by atoms with E-state index >= 15 is 0 Å². The first-order chi connectivity index (χ1) is 12.4. The van der Waals surface area contributed by atoms with Crippen molar-refractivity contribution >= 4 is 38.9 Å². The molecule has 0 bridgehead atoms. The molecule has 0 aromatic carbocycles. The van der Waals surface area contributed by atoms with Gasteiger partial charge in [-0.15, -0.1) is 11.3 Å². The fourth-order valence-electron chi connectivity index (χ4n) is 3.32. The summed E-state index contributed by atoms with van der Waals surface area (Å²) in [5.74, 6) is 0. The topological polar surface area (TPSA) is 68.5 Å². The van der Waals surface area contributed by atoms with Crippen LogP contribution in [0, 0.1) is 6.92 Å². The number of ether oxygens (including phenoxy) is 1. The lowest BCUT2D eigenvalue weighted by molar-refractivity contribution is 0.186. The number of fused-ring (bicyclic) bond motifs is 1. The first-order valence-electron chi connectivity index (χ1n) is 8.69. The van der Waals surface area contributed by atoms with Gasteiger partial charge < -0.3 is 15.0 Å². The van der Waals surface area contributed by atoms with Crippen LogP contribution in [0.25, 0.3) is 10.2 Å². The first-order valence-corrected chi connectivity index (χ1v) is 9.91. The minimum Gasteiger partial charge on any atom is -0.383 e. The zero-order chi connectivity index (χ0) is 19.0. The third-order valence-corrected chi connectivity index (χ3v) is 6.39. The summed E-state index contributed by atoms with van der Waals surface area (Å²) in [7, 11) is 1.60. The van der Waals surface area contributed by atoms with Gasteiger partial charge in [-0.3, -0.25) is 13.9 Å². The number of aryl methyl sites for hydroxylation is 1. The number of aromatic nitrogens is 2. The van der Waals surface area contributed by atoms with E-state index in [1.54, 1.807) is 11.7 Å². The van der Waals surface area contributed by atoms with Crippen molar-refractivity contribution in [2.45, 2.75) is 46.4 Å². The van der Waals surface area contributed by atoms with E-state index in [4.69, 9.17) is 17.0 Å². The molecule has 0 spiro atoms. The number of nitrogens with one attached hydrogen (secondary N) is 1. The third-order valence-electron chi connectivity index (χ3n) is 4.71. The lowest BCUT2D eigenvalue weighted by Gasteiger charge is -2.15. The van der Waals surface area contributed by atoms with Gasteiger partial charge in [0.2, 0.25) is 0 Å². The van der Waals surface area contributed by atoms with Gasteiger partial charge in [0.1, 0.15) is 4.83 Å². The van der Waals surface area contributed by atoms with Crippen molar-refractivity contribution in [3.63, 3.8) is 0 Å². The molecule has 1 fully saturated rings. The molecule has 2 aromatic heterocycles. The van der Waals surface area contributed by atoms with Crippen molar-refractivity contribution in [2.75, 3.05) is 20.3 Å². The van der Waals surface area contributed by atoms with E-state index in [-0.39, 0.29) is 11.2 Å². The summed E-state index contributed by atoms with van der Waals surface area (Å²) in [4.78, 5) is 29.5. The molecular formula is C17H24N4O3S2. The quantitative estimate of drug-likeness (QED) is 0.742. The molecule has 142 valence electrons. The number of hydrogen-bond donors (Lipinski definition) is 1. The SMILES string of the molecule is CCn1c(=O)c2c(C)c(CN3CC(C)NC3=S)sc2n(CCOC)c1=O. The number of hydrogen-bond acceptors (Lipinski definition) is 5. The number of methoxy groups -OCH3 is 1. The van der Waals surface area contributed by atoms with Gasteiger partial charge in [0.25, 0.3) is 5.56 Å². The Morgan fingerprint density at radius 2 is 2.08 bits per heavy atom. The lowest BCUT2D eigenvalue weighted by atomic mass is 10.2. The van der Waals surface area contributed by atoms with Crippen LogP contribution in [-0.2, 0) is 24.4 Å². The van der Waals surface area contributed by atoms with Gasteiger partial charge in [-0.1, -0.05) is 0 Å². The summed E-state index contributed by atoms with van der Waals surface area (Å²) >= 11 is 6.90. The van der Waals surface area contributed by atoms with E-state index in [1.807, 2.05) is 13.8 Å². The largest absolute Gasteiger partial charge is 0.383 e. The highest BCUT2D eigenvalue weighted by Gasteiger charge is 2.25. The third kappa shape index (κ3) is 3.19. The molecule has 0 radical (unpaired) electrons. The smallest absolute Gasteiger partial charge is 0.332 e. The highest BCUT2D eigenvalue weighted by Crippen LogP contribution is 2.29. The maximum absolute atomic E-state index is 12.9.